The molecule has 4 rings (SSSR count). The van der Waals surface area contributed by atoms with Crippen LogP contribution in [-0.4, -0.2) is 16.9 Å². The molecule has 0 heterocycles. The summed E-state index contributed by atoms with van der Waals surface area (Å²) in [6, 6.07) is 0. The van der Waals surface area contributed by atoms with Crippen LogP contribution in [0.5, 0.6) is 0 Å². The first-order valence-electron chi connectivity index (χ1n) is 7.42. The van der Waals surface area contributed by atoms with Gasteiger partial charge in [-0.1, -0.05) is 13.0 Å². The zero-order valence-corrected chi connectivity index (χ0v) is 11.5. The predicted octanol–water partition coefficient (Wildman–Crippen LogP) is 3.19. The Kier molecular flexibility index (Phi) is 2.84. The third-order valence-electron chi connectivity index (χ3n) is 6.06. The second kappa shape index (κ2) is 4.19. The summed E-state index contributed by atoms with van der Waals surface area (Å²) in [6.45, 7) is 2.01. The summed E-state index contributed by atoms with van der Waals surface area (Å²) in [6.07, 6.45) is 10.6. The number of carboxylic acid groups (broad SMARTS) is 1. The number of ketones is 1. The van der Waals surface area contributed by atoms with Crippen LogP contribution < -0.4 is 0 Å². The van der Waals surface area contributed by atoms with E-state index in [1.54, 1.807) is 6.08 Å². The summed E-state index contributed by atoms with van der Waals surface area (Å²) in [4.78, 5) is 23.3. The van der Waals surface area contributed by atoms with Crippen molar-refractivity contribution in [2.24, 2.45) is 22.7 Å². The molecule has 0 amide bonds. The van der Waals surface area contributed by atoms with Crippen molar-refractivity contribution in [1.29, 1.82) is 0 Å². The molecule has 3 nitrogen and oxygen atoms in total. The van der Waals surface area contributed by atoms with Crippen molar-refractivity contribution in [3.05, 3.63) is 12.2 Å². The fourth-order valence-corrected chi connectivity index (χ4v) is 4.81. The Labute approximate surface area is 114 Å². The van der Waals surface area contributed by atoms with E-state index in [0.717, 1.165) is 12.3 Å². The average Bonchev–Trinajstić information content (AvgIpc) is 2.42. The van der Waals surface area contributed by atoms with Crippen LogP contribution in [0.3, 0.4) is 0 Å². The first-order chi connectivity index (χ1) is 8.96. The number of carboxylic acids is 1. The highest BCUT2D eigenvalue weighted by Crippen LogP contribution is 2.62. The van der Waals surface area contributed by atoms with Gasteiger partial charge in [0, 0.05) is 11.8 Å². The number of rotatable bonds is 3. The largest absolute Gasteiger partial charge is 0.481 e. The quantitative estimate of drug-likeness (QED) is 0.849. The number of allylic oxidation sites excluding steroid dienone is 2. The minimum absolute atomic E-state index is 0.104. The van der Waals surface area contributed by atoms with Gasteiger partial charge in [-0.15, -0.1) is 0 Å². The van der Waals surface area contributed by atoms with E-state index in [4.69, 9.17) is 5.11 Å². The predicted molar refractivity (Wildman–Crippen MR) is 71.6 cm³/mol. The lowest BCUT2D eigenvalue weighted by atomic mass is 9.45. The average molecular weight is 262 g/mol. The van der Waals surface area contributed by atoms with E-state index in [-0.39, 0.29) is 17.6 Å². The molecule has 0 aliphatic heterocycles. The number of aliphatic carboxylic acids is 1. The maximum atomic E-state index is 12.4. The fourth-order valence-electron chi connectivity index (χ4n) is 4.81. The molecular weight excluding hydrogens is 240 g/mol. The molecule has 0 saturated heterocycles. The highest BCUT2D eigenvalue weighted by Gasteiger charge is 2.57. The van der Waals surface area contributed by atoms with Crippen LogP contribution in [0.2, 0.25) is 0 Å². The first kappa shape index (κ1) is 12.9. The van der Waals surface area contributed by atoms with E-state index in [1.165, 1.54) is 25.7 Å². The van der Waals surface area contributed by atoms with Gasteiger partial charge in [0.1, 0.15) is 0 Å². The lowest BCUT2D eigenvalue weighted by Gasteiger charge is -2.58. The van der Waals surface area contributed by atoms with E-state index < -0.39 is 11.4 Å². The van der Waals surface area contributed by atoms with Crippen LogP contribution in [0.4, 0.5) is 0 Å². The first-order valence-corrected chi connectivity index (χ1v) is 7.42. The van der Waals surface area contributed by atoms with Crippen molar-refractivity contribution < 1.29 is 14.7 Å². The molecule has 4 aliphatic carbocycles. The molecule has 0 radical (unpaired) electrons. The smallest absolute Gasteiger partial charge is 0.303 e. The number of hydrogen-bond acceptors (Lipinski definition) is 2. The zero-order valence-electron chi connectivity index (χ0n) is 11.5. The van der Waals surface area contributed by atoms with E-state index in [2.05, 4.69) is 6.08 Å². The Hall–Kier alpha value is -1.12. The van der Waals surface area contributed by atoms with Crippen LogP contribution in [0, 0.1) is 22.7 Å². The van der Waals surface area contributed by atoms with Gasteiger partial charge >= 0.3 is 5.97 Å². The van der Waals surface area contributed by atoms with Crippen molar-refractivity contribution >= 4 is 11.8 Å². The maximum absolute atomic E-state index is 12.4. The van der Waals surface area contributed by atoms with Crippen molar-refractivity contribution in [2.45, 2.75) is 51.9 Å². The van der Waals surface area contributed by atoms with E-state index in [9.17, 15) is 9.59 Å². The van der Waals surface area contributed by atoms with Crippen molar-refractivity contribution in [2.75, 3.05) is 0 Å². The Bertz CT molecular complexity index is 443. The van der Waals surface area contributed by atoms with Gasteiger partial charge in [-0.25, -0.2) is 0 Å². The molecule has 1 N–H and O–H groups in total. The zero-order chi connectivity index (χ0) is 13.7. The van der Waals surface area contributed by atoms with E-state index >= 15 is 0 Å². The highest BCUT2D eigenvalue weighted by molar-refractivity contribution is 5.96. The number of fused-ring (bicyclic) bond motifs is 2. The second-order valence-electron chi connectivity index (χ2n) is 6.97. The molecule has 0 aromatic carbocycles. The van der Waals surface area contributed by atoms with Crippen LogP contribution in [0.1, 0.15) is 51.9 Å². The van der Waals surface area contributed by atoms with Gasteiger partial charge in [0.15, 0.2) is 5.78 Å². The van der Waals surface area contributed by atoms with Crippen LogP contribution in [0.15, 0.2) is 12.2 Å². The number of carbonyl (C=O) groups excluding carboxylic acids is 1. The van der Waals surface area contributed by atoms with E-state index in [0.29, 0.717) is 12.3 Å². The van der Waals surface area contributed by atoms with Crippen LogP contribution in [0.25, 0.3) is 0 Å². The fraction of sp³-hybridized carbons (Fsp3) is 0.750. The number of carbonyl (C=O) groups is 2. The summed E-state index contributed by atoms with van der Waals surface area (Å²) in [5.41, 5.74) is -0.262. The van der Waals surface area contributed by atoms with Gasteiger partial charge in [-0.3, -0.25) is 9.59 Å². The number of hydrogen-bond donors (Lipinski definition) is 1. The Morgan fingerprint density at radius 3 is 2.74 bits per heavy atom. The lowest BCUT2D eigenvalue weighted by Crippen LogP contribution is -2.53. The minimum Gasteiger partial charge on any atom is -0.481 e. The Morgan fingerprint density at radius 1 is 1.42 bits per heavy atom. The van der Waals surface area contributed by atoms with Gasteiger partial charge in [0.2, 0.25) is 0 Å². The molecular formula is C16H22O3. The molecule has 1 spiro atoms. The Morgan fingerprint density at radius 2 is 2.11 bits per heavy atom. The molecule has 3 saturated carbocycles. The highest BCUT2D eigenvalue weighted by atomic mass is 16.4. The van der Waals surface area contributed by atoms with Gasteiger partial charge in [-0.2, -0.15) is 0 Å². The molecule has 0 unspecified atom stereocenters. The normalized spacial score (nSPS) is 44.2. The summed E-state index contributed by atoms with van der Waals surface area (Å²) in [7, 11) is 0. The van der Waals surface area contributed by atoms with Gasteiger partial charge in [-0.05, 0) is 61.9 Å². The maximum Gasteiger partial charge on any atom is 0.303 e. The third-order valence-corrected chi connectivity index (χ3v) is 6.06. The van der Waals surface area contributed by atoms with E-state index in [1.807, 2.05) is 6.92 Å². The summed E-state index contributed by atoms with van der Waals surface area (Å²) in [5, 5.41) is 8.94. The van der Waals surface area contributed by atoms with Gasteiger partial charge in [0.05, 0.1) is 0 Å². The lowest BCUT2D eigenvalue weighted by molar-refractivity contribution is -0.143. The van der Waals surface area contributed by atoms with Crippen molar-refractivity contribution in [1.82, 2.24) is 0 Å². The molecule has 104 valence electrons. The summed E-state index contributed by atoms with van der Waals surface area (Å²) in [5.74, 6) is 0.482. The second-order valence-corrected chi connectivity index (χ2v) is 6.97. The van der Waals surface area contributed by atoms with Crippen LogP contribution in [-0.2, 0) is 9.59 Å². The Balaban J connectivity index is 1.93. The summed E-state index contributed by atoms with van der Waals surface area (Å²) < 4.78 is 0. The molecule has 0 aromatic heterocycles. The SMILES string of the molecule is C[C@@]1(CCC(=O)O)C(=O)C=CC23CCC(CC2)C[C@H]31. The van der Waals surface area contributed by atoms with Crippen LogP contribution >= 0.6 is 0 Å². The molecule has 2 atom stereocenters. The molecule has 3 fully saturated rings. The molecule has 0 aromatic rings. The van der Waals surface area contributed by atoms with Crippen molar-refractivity contribution in [3.8, 4) is 0 Å². The molecule has 19 heavy (non-hydrogen) atoms. The van der Waals surface area contributed by atoms with Gasteiger partial charge in [0.25, 0.3) is 0 Å². The molecule has 2 bridgehead atoms. The summed E-state index contributed by atoms with van der Waals surface area (Å²) >= 11 is 0. The van der Waals surface area contributed by atoms with Gasteiger partial charge < -0.3 is 5.11 Å². The third kappa shape index (κ3) is 1.86. The topological polar surface area (TPSA) is 54.4 Å². The standard InChI is InChI=1S/C16H22O3/c1-15(6-5-14(18)19)12-10-11-2-7-16(12,8-3-11)9-4-13(15)17/h4,9,11-12H,2-3,5-8,10H2,1H3,(H,18,19)/t11?,12-,15-,16?/m0/s1. The molecule has 4 aliphatic rings. The minimum atomic E-state index is -0.793. The molecule has 3 heteroatoms. The monoisotopic (exact) mass is 262 g/mol. The van der Waals surface area contributed by atoms with Crippen molar-refractivity contribution in [3.63, 3.8) is 0 Å².